The highest BCUT2D eigenvalue weighted by atomic mass is 32.2. The maximum absolute atomic E-state index is 12.2. The Balaban J connectivity index is 1.55. The SMILES string of the molecule is O=C(O)COCC(=O)N=C1S[C@H]2CS(=O)(=O)C[C@@H]2N1c1ccc(Oc2ccccc2)cc1. The van der Waals surface area contributed by atoms with Gasteiger partial charge in [-0.2, -0.15) is 4.99 Å². The van der Waals surface area contributed by atoms with Crippen LogP contribution in [0.25, 0.3) is 0 Å². The van der Waals surface area contributed by atoms with Crippen LogP contribution in [-0.2, 0) is 24.2 Å². The van der Waals surface area contributed by atoms with Crippen LogP contribution in [0.15, 0.2) is 59.6 Å². The van der Waals surface area contributed by atoms with Crippen LogP contribution in [-0.4, -0.2) is 66.6 Å². The Bertz CT molecular complexity index is 1130. The molecule has 2 atom stereocenters. The number of carbonyl (C=O) groups excluding carboxylic acids is 1. The molecule has 0 radical (unpaired) electrons. The Morgan fingerprint density at radius 1 is 1.03 bits per heavy atom. The number of hydrogen-bond acceptors (Lipinski definition) is 7. The van der Waals surface area contributed by atoms with Gasteiger partial charge in [0.1, 0.15) is 24.7 Å². The number of carboxylic acid groups (broad SMARTS) is 1. The molecule has 2 aliphatic rings. The van der Waals surface area contributed by atoms with Gasteiger partial charge in [-0.05, 0) is 36.4 Å². The van der Waals surface area contributed by atoms with Crippen molar-refractivity contribution in [3.05, 3.63) is 54.6 Å². The molecule has 11 heteroatoms. The minimum atomic E-state index is -3.19. The molecular formula is C21H20N2O7S2. The molecule has 2 saturated heterocycles. The fourth-order valence-corrected chi connectivity index (χ4v) is 7.46. The number of para-hydroxylation sites is 1. The van der Waals surface area contributed by atoms with Crippen LogP contribution in [0.3, 0.4) is 0 Å². The monoisotopic (exact) mass is 476 g/mol. The molecule has 0 saturated carbocycles. The van der Waals surface area contributed by atoms with Gasteiger partial charge in [-0.3, -0.25) is 4.79 Å². The number of carboxylic acids is 1. The largest absolute Gasteiger partial charge is 0.480 e. The molecule has 32 heavy (non-hydrogen) atoms. The predicted octanol–water partition coefficient (Wildman–Crippen LogP) is 2.18. The number of thioether (sulfide) groups is 1. The van der Waals surface area contributed by atoms with E-state index in [4.69, 9.17) is 14.6 Å². The molecule has 2 aliphatic heterocycles. The van der Waals surface area contributed by atoms with E-state index in [1.165, 1.54) is 11.8 Å². The number of amidine groups is 1. The summed E-state index contributed by atoms with van der Waals surface area (Å²) in [6.45, 7) is -1.07. The molecule has 0 bridgehead atoms. The van der Waals surface area contributed by atoms with E-state index in [1.54, 1.807) is 29.2 Å². The fraction of sp³-hybridized carbons (Fsp3) is 0.286. The highest BCUT2D eigenvalue weighted by molar-refractivity contribution is 8.16. The van der Waals surface area contributed by atoms with Crippen molar-refractivity contribution in [2.45, 2.75) is 11.3 Å². The topological polar surface area (TPSA) is 123 Å². The second-order valence-corrected chi connectivity index (χ2v) is 10.6. The number of aliphatic imine (C=N–C) groups is 1. The normalized spacial score (nSPS) is 22.6. The zero-order valence-corrected chi connectivity index (χ0v) is 18.4. The first-order valence-corrected chi connectivity index (χ1v) is 12.4. The number of hydrogen-bond donors (Lipinski definition) is 1. The zero-order valence-electron chi connectivity index (χ0n) is 16.8. The van der Waals surface area contributed by atoms with Gasteiger partial charge >= 0.3 is 5.97 Å². The lowest BCUT2D eigenvalue weighted by molar-refractivity contribution is -0.143. The second kappa shape index (κ2) is 9.31. The third-order valence-electron chi connectivity index (χ3n) is 4.83. The zero-order chi connectivity index (χ0) is 22.7. The third-order valence-corrected chi connectivity index (χ3v) is 8.04. The number of benzene rings is 2. The molecule has 0 unspecified atom stereocenters. The van der Waals surface area contributed by atoms with Gasteiger partial charge in [0, 0.05) is 10.9 Å². The van der Waals surface area contributed by atoms with Gasteiger partial charge in [-0.25, -0.2) is 13.2 Å². The van der Waals surface area contributed by atoms with Crippen molar-refractivity contribution in [2.24, 2.45) is 4.99 Å². The molecule has 2 heterocycles. The molecule has 2 aromatic carbocycles. The second-order valence-electron chi connectivity index (χ2n) is 7.25. The van der Waals surface area contributed by atoms with Gasteiger partial charge in [0.05, 0.1) is 17.5 Å². The molecular weight excluding hydrogens is 456 g/mol. The predicted molar refractivity (Wildman–Crippen MR) is 120 cm³/mol. The van der Waals surface area contributed by atoms with Gasteiger partial charge in [-0.1, -0.05) is 30.0 Å². The lowest BCUT2D eigenvalue weighted by atomic mass is 10.2. The van der Waals surface area contributed by atoms with E-state index in [-0.39, 0.29) is 22.8 Å². The molecule has 1 N–H and O–H groups in total. The molecule has 1 amide bonds. The highest BCUT2D eigenvalue weighted by Crippen LogP contribution is 2.41. The summed E-state index contributed by atoms with van der Waals surface area (Å²) in [4.78, 5) is 28.6. The van der Waals surface area contributed by atoms with E-state index in [0.29, 0.717) is 22.4 Å². The Morgan fingerprint density at radius 2 is 1.72 bits per heavy atom. The Hall–Kier alpha value is -2.89. The molecule has 0 spiro atoms. The number of ether oxygens (including phenoxy) is 2. The third kappa shape index (κ3) is 5.29. The van der Waals surface area contributed by atoms with Crippen molar-refractivity contribution in [3.8, 4) is 11.5 Å². The number of aliphatic carboxylic acids is 1. The summed E-state index contributed by atoms with van der Waals surface area (Å²) in [5.74, 6) is -0.537. The summed E-state index contributed by atoms with van der Waals surface area (Å²) in [6.07, 6.45) is 0. The van der Waals surface area contributed by atoms with Crippen molar-refractivity contribution in [3.63, 3.8) is 0 Å². The van der Waals surface area contributed by atoms with Gasteiger partial charge in [0.2, 0.25) is 0 Å². The molecule has 0 aliphatic carbocycles. The molecule has 9 nitrogen and oxygen atoms in total. The van der Waals surface area contributed by atoms with Crippen LogP contribution < -0.4 is 9.64 Å². The minimum absolute atomic E-state index is 0.0107. The maximum Gasteiger partial charge on any atom is 0.329 e. The van der Waals surface area contributed by atoms with Crippen LogP contribution in [0, 0.1) is 0 Å². The lowest BCUT2D eigenvalue weighted by Gasteiger charge is -2.24. The average Bonchev–Trinajstić information content (AvgIpc) is 3.20. The van der Waals surface area contributed by atoms with E-state index in [9.17, 15) is 18.0 Å². The standard InChI is InChI=1S/C21H20N2O7S2/c24-19(10-29-11-20(25)26)22-21-23(17-12-32(27,28)13-18(17)31-21)14-6-8-16(9-7-14)30-15-4-2-1-3-5-15/h1-9,17-18H,10-13H2,(H,25,26)/t17-,18-/m0/s1. The summed E-state index contributed by atoms with van der Waals surface area (Å²) < 4.78 is 35.0. The molecule has 2 fully saturated rings. The van der Waals surface area contributed by atoms with Crippen LogP contribution >= 0.6 is 11.8 Å². The Morgan fingerprint density at radius 3 is 2.41 bits per heavy atom. The van der Waals surface area contributed by atoms with Gasteiger partial charge < -0.3 is 19.5 Å². The van der Waals surface area contributed by atoms with Crippen molar-refractivity contribution >= 4 is 44.3 Å². The number of nitrogens with zero attached hydrogens (tertiary/aromatic N) is 2. The summed E-state index contributed by atoms with van der Waals surface area (Å²) >= 11 is 1.23. The van der Waals surface area contributed by atoms with Crippen LogP contribution in [0.2, 0.25) is 0 Å². The van der Waals surface area contributed by atoms with E-state index < -0.39 is 34.9 Å². The molecule has 2 aromatic rings. The van der Waals surface area contributed by atoms with Gasteiger partial charge in [-0.15, -0.1) is 0 Å². The number of fused-ring (bicyclic) bond motifs is 1. The number of sulfone groups is 1. The first-order chi connectivity index (χ1) is 15.3. The van der Waals surface area contributed by atoms with Crippen LogP contribution in [0.4, 0.5) is 5.69 Å². The fourth-order valence-electron chi connectivity index (χ4n) is 3.53. The molecule has 0 aromatic heterocycles. The maximum atomic E-state index is 12.2. The van der Waals surface area contributed by atoms with Crippen molar-refractivity contribution in [1.82, 2.24) is 0 Å². The first-order valence-electron chi connectivity index (χ1n) is 9.71. The molecule has 4 rings (SSSR count). The summed E-state index contributed by atoms with van der Waals surface area (Å²) in [5.41, 5.74) is 0.681. The van der Waals surface area contributed by atoms with Crippen molar-refractivity contribution < 1.29 is 32.6 Å². The number of anilines is 1. The number of amides is 1. The van der Waals surface area contributed by atoms with E-state index in [0.717, 1.165) is 0 Å². The van der Waals surface area contributed by atoms with Crippen molar-refractivity contribution in [2.75, 3.05) is 29.6 Å². The molecule has 168 valence electrons. The lowest BCUT2D eigenvalue weighted by Crippen LogP contribution is -2.37. The quantitative estimate of drug-likeness (QED) is 0.640. The average molecular weight is 477 g/mol. The smallest absolute Gasteiger partial charge is 0.329 e. The van der Waals surface area contributed by atoms with E-state index >= 15 is 0 Å². The van der Waals surface area contributed by atoms with Gasteiger partial charge in [0.15, 0.2) is 15.0 Å². The van der Waals surface area contributed by atoms with Crippen LogP contribution in [0.1, 0.15) is 0 Å². The van der Waals surface area contributed by atoms with E-state index in [1.807, 2.05) is 30.3 Å². The Kier molecular flexibility index (Phi) is 6.49. The first kappa shape index (κ1) is 22.3. The van der Waals surface area contributed by atoms with Crippen molar-refractivity contribution in [1.29, 1.82) is 0 Å². The highest BCUT2D eigenvalue weighted by Gasteiger charge is 2.49. The number of carbonyl (C=O) groups is 2. The van der Waals surface area contributed by atoms with Gasteiger partial charge in [0.25, 0.3) is 5.91 Å². The van der Waals surface area contributed by atoms with E-state index in [2.05, 4.69) is 4.99 Å². The van der Waals surface area contributed by atoms with Crippen LogP contribution in [0.5, 0.6) is 11.5 Å². The number of rotatable bonds is 7. The Labute approximate surface area is 189 Å². The summed E-state index contributed by atoms with van der Waals surface area (Å²) in [7, 11) is -3.19. The minimum Gasteiger partial charge on any atom is -0.480 e. The summed E-state index contributed by atoms with van der Waals surface area (Å²) in [6, 6.07) is 16.0. The summed E-state index contributed by atoms with van der Waals surface area (Å²) in [5, 5.41) is 8.75.